The third-order valence-electron chi connectivity index (χ3n) is 2.95. The Balaban J connectivity index is 1.67. The molecule has 0 saturated heterocycles. The Bertz CT molecular complexity index is 844. The molecule has 0 bridgehead atoms. The normalized spacial score (nSPS) is 10.8. The molecule has 0 fully saturated rings. The minimum absolute atomic E-state index is 0.0491. The van der Waals surface area contributed by atoms with Gasteiger partial charge in [-0.05, 0) is 29.8 Å². The third kappa shape index (κ3) is 3.88. The van der Waals surface area contributed by atoms with Gasteiger partial charge in [-0.1, -0.05) is 41.5 Å². The summed E-state index contributed by atoms with van der Waals surface area (Å²) in [6, 6.07) is 15.1. The Labute approximate surface area is 131 Å². The molecule has 1 amide bonds. The summed E-state index contributed by atoms with van der Waals surface area (Å²) in [7, 11) is 0. The van der Waals surface area contributed by atoms with Crippen LogP contribution < -0.4 is 5.32 Å². The first kappa shape index (κ1) is 14.6. The number of benzene rings is 2. The van der Waals surface area contributed by atoms with Gasteiger partial charge in [-0.3, -0.25) is 10.1 Å². The molecule has 0 unspecified atom stereocenters. The first-order valence-corrected chi connectivity index (χ1v) is 6.84. The number of carbonyl (C=O) groups is 1. The molecule has 0 radical (unpaired) electrons. The number of halogens is 1. The average Bonchev–Trinajstić information content (AvgIpc) is 3.02. The predicted molar refractivity (Wildman–Crippen MR) is 83.8 cm³/mol. The zero-order valence-electron chi connectivity index (χ0n) is 11.9. The van der Waals surface area contributed by atoms with Crippen LogP contribution in [0.25, 0.3) is 17.5 Å². The van der Waals surface area contributed by atoms with Crippen LogP contribution >= 0.6 is 0 Å². The quantitative estimate of drug-likeness (QED) is 0.749. The van der Waals surface area contributed by atoms with Crippen LogP contribution in [-0.4, -0.2) is 16.1 Å². The molecule has 0 saturated carbocycles. The molecule has 0 aliphatic carbocycles. The average molecular weight is 309 g/mol. The third-order valence-corrected chi connectivity index (χ3v) is 2.95. The summed E-state index contributed by atoms with van der Waals surface area (Å²) in [4.78, 5) is 11.8. The first-order chi connectivity index (χ1) is 11.2. The minimum Gasteiger partial charge on any atom is -0.403 e. The molecule has 114 valence electrons. The monoisotopic (exact) mass is 309 g/mol. The summed E-state index contributed by atoms with van der Waals surface area (Å²) in [5, 5.41) is 9.95. The van der Waals surface area contributed by atoms with Crippen LogP contribution in [0, 0.1) is 5.82 Å². The zero-order valence-corrected chi connectivity index (χ0v) is 11.9. The Morgan fingerprint density at radius 1 is 1.09 bits per heavy atom. The SMILES string of the molecule is O=C(/C=C/c1ccccc1)Nc1nnc(-c2cccc(F)c2)o1. The Morgan fingerprint density at radius 2 is 1.91 bits per heavy atom. The maximum Gasteiger partial charge on any atom is 0.322 e. The van der Waals surface area contributed by atoms with Gasteiger partial charge in [0.15, 0.2) is 0 Å². The maximum atomic E-state index is 13.2. The molecule has 0 aliphatic rings. The molecule has 1 N–H and O–H groups in total. The summed E-state index contributed by atoms with van der Waals surface area (Å²) >= 11 is 0. The molecule has 1 heterocycles. The van der Waals surface area contributed by atoms with Crippen LogP contribution in [0.5, 0.6) is 0 Å². The second kappa shape index (κ2) is 6.65. The van der Waals surface area contributed by atoms with Gasteiger partial charge in [0.05, 0.1) is 0 Å². The second-order valence-corrected chi connectivity index (χ2v) is 4.66. The van der Waals surface area contributed by atoms with Crippen molar-refractivity contribution < 1.29 is 13.6 Å². The maximum absolute atomic E-state index is 13.2. The number of amides is 1. The van der Waals surface area contributed by atoms with Crippen LogP contribution in [0.3, 0.4) is 0 Å². The van der Waals surface area contributed by atoms with Crippen molar-refractivity contribution >= 4 is 18.0 Å². The van der Waals surface area contributed by atoms with Crippen molar-refractivity contribution in [2.24, 2.45) is 0 Å². The number of hydrogen-bond acceptors (Lipinski definition) is 4. The van der Waals surface area contributed by atoms with E-state index in [9.17, 15) is 9.18 Å². The summed E-state index contributed by atoms with van der Waals surface area (Å²) < 4.78 is 18.5. The van der Waals surface area contributed by atoms with Gasteiger partial charge in [-0.15, -0.1) is 5.10 Å². The van der Waals surface area contributed by atoms with E-state index < -0.39 is 11.7 Å². The fourth-order valence-electron chi connectivity index (χ4n) is 1.90. The number of anilines is 1. The lowest BCUT2D eigenvalue weighted by Gasteiger charge is -1.96. The summed E-state index contributed by atoms with van der Waals surface area (Å²) in [5.74, 6) is -0.674. The highest BCUT2D eigenvalue weighted by Gasteiger charge is 2.10. The predicted octanol–water partition coefficient (Wildman–Crippen LogP) is 3.53. The molecule has 0 atom stereocenters. The Morgan fingerprint density at radius 3 is 2.70 bits per heavy atom. The van der Waals surface area contributed by atoms with E-state index in [1.54, 1.807) is 12.1 Å². The molecule has 1 aromatic heterocycles. The molecule has 3 aromatic rings. The van der Waals surface area contributed by atoms with Gasteiger partial charge in [-0.25, -0.2) is 4.39 Å². The van der Waals surface area contributed by atoms with Gasteiger partial charge in [0.2, 0.25) is 5.89 Å². The van der Waals surface area contributed by atoms with E-state index in [1.807, 2.05) is 30.3 Å². The fraction of sp³-hybridized carbons (Fsp3) is 0. The standard InChI is InChI=1S/C17H12FN3O2/c18-14-8-4-7-13(11-14)16-20-21-17(23-16)19-15(22)10-9-12-5-2-1-3-6-12/h1-11H,(H,19,21,22)/b10-9+. The molecular formula is C17H12FN3O2. The van der Waals surface area contributed by atoms with E-state index in [1.165, 1.54) is 24.3 Å². The molecule has 2 aromatic carbocycles. The molecular weight excluding hydrogens is 297 g/mol. The van der Waals surface area contributed by atoms with Crippen LogP contribution in [0.2, 0.25) is 0 Å². The van der Waals surface area contributed by atoms with Gasteiger partial charge in [0, 0.05) is 11.6 Å². The summed E-state index contributed by atoms with van der Waals surface area (Å²) in [6.07, 6.45) is 3.03. The van der Waals surface area contributed by atoms with Gasteiger partial charge in [0.1, 0.15) is 5.82 Å². The molecule has 0 spiro atoms. The lowest BCUT2D eigenvalue weighted by molar-refractivity contribution is -0.112. The minimum atomic E-state index is -0.405. The number of hydrogen-bond donors (Lipinski definition) is 1. The number of aromatic nitrogens is 2. The largest absolute Gasteiger partial charge is 0.403 e. The molecule has 0 aliphatic heterocycles. The van der Waals surface area contributed by atoms with Gasteiger partial charge in [0.25, 0.3) is 5.91 Å². The van der Waals surface area contributed by atoms with Gasteiger partial charge < -0.3 is 4.42 Å². The Kier molecular flexibility index (Phi) is 4.24. The zero-order chi connectivity index (χ0) is 16.1. The smallest absolute Gasteiger partial charge is 0.322 e. The highest BCUT2D eigenvalue weighted by atomic mass is 19.1. The number of rotatable bonds is 4. The molecule has 6 heteroatoms. The lowest BCUT2D eigenvalue weighted by Crippen LogP contribution is -2.07. The van der Waals surface area contributed by atoms with Gasteiger partial charge >= 0.3 is 6.01 Å². The highest BCUT2D eigenvalue weighted by molar-refractivity contribution is 6.00. The van der Waals surface area contributed by atoms with Crippen LogP contribution in [-0.2, 0) is 4.79 Å². The van der Waals surface area contributed by atoms with E-state index in [0.717, 1.165) is 5.56 Å². The number of carbonyl (C=O) groups excluding carboxylic acids is 1. The van der Waals surface area contributed by atoms with Crippen molar-refractivity contribution in [2.75, 3.05) is 5.32 Å². The van der Waals surface area contributed by atoms with E-state index in [0.29, 0.717) is 5.56 Å². The Hall–Kier alpha value is -3.28. The number of nitrogens with zero attached hydrogens (tertiary/aromatic N) is 2. The fourth-order valence-corrected chi connectivity index (χ4v) is 1.90. The summed E-state index contributed by atoms with van der Waals surface area (Å²) in [6.45, 7) is 0. The van der Waals surface area contributed by atoms with Crippen LogP contribution in [0.15, 0.2) is 65.1 Å². The summed E-state index contributed by atoms with van der Waals surface area (Å²) in [5.41, 5.74) is 1.34. The number of nitrogens with one attached hydrogen (secondary N) is 1. The van der Waals surface area contributed by atoms with Crippen LogP contribution in [0.1, 0.15) is 5.56 Å². The molecule has 23 heavy (non-hydrogen) atoms. The van der Waals surface area contributed by atoms with E-state index in [4.69, 9.17) is 4.42 Å². The topological polar surface area (TPSA) is 68.0 Å². The van der Waals surface area contributed by atoms with Crippen molar-refractivity contribution in [1.82, 2.24) is 10.2 Å². The lowest BCUT2D eigenvalue weighted by atomic mass is 10.2. The van der Waals surface area contributed by atoms with Crippen molar-refractivity contribution in [3.8, 4) is 11.5 Å². The molecule has 3 rings (SSSR count). The van der Waals surface area contributed by atoms with Crippen molar-refractivity contribution in [3.63, 3.8) is 0 Å². The van der Waals surface area contributed by atoms with Crippen molar-refractivity contribution in [1.29, 1.82) is 0 Å². The van der Waals surface area contributed by atoms with Gasteiger partial charge in [-0.2, -0.15) is 0 Å². The van der Waals surface area contributed by atoms with E-state index in [-0.39, 0.29) is 11.9 Å². The van der Waals surface area contributed by atoms with Crippen LogP contribution in [0.4, 0.5) is 10.4 Å². The van der Waals surface area contributed by atoms with Crippen molar-refractivity contribution in [3.05, 3.63) is 72.1 Å². The molecule has 5 nitrogen and oxygen atoms in total. The van der Waals surface area contributed by atoms with E-state index in [2.05, 4.69) is 15.5 Å². The van der Waals surface area contributed by atoms with Crippen molar-refractivity contribution in [2.45, 2.75) is 0 Å². The second-order valence-electron chi connectivity index (χ2n) is 4.66. The van der Waals surface area contributed by atoms with E-state index >= 15 is 0 Å². The first-order valence-electron chi connectivity index (χ1n) is 6.84. The highest BCUT2D eigenvalue weighted by Crippen LogP contribution is 2.20.